The van der Waals surface area contributed by atoms with Crippen molar-refractivity contribution in [2.24, 2.45) is 4.99 Å². The van der Waals surface area contributed by atoms with Gasteiger partial charge >= 0.3 is 0 Å². The molecule has 0 aliphatic heterocycles. The predicted octanol–water partition coefficient (Wildman–Crippen LogP) is 3.44. The topological polar surface area (TPSA) is 74.2 Å². The van der Waals surface area contributed by atoms with Crippen LogP contribution in [0.3, 0.4) is 0 Å². The van der Waals surface area contributed by atoms with E-state index in [9.17, 15) is 0 Å². The Morgan fingerprint density at radius 2 is 1.85 bits per heavy atom. The summed E-state index contributed by atoms with van der Waals surface area (Å²) in [4.78, 5) is 13.3. The Hall–Kier alpha value is -1.94. The van der Waals surface area contributed by atoms with Crippen LogP contribution in [0.4, 0.5) is 5.82 Å². The van der Waals surface area contributed by atoms with E-state index < -0.39 is 0 Å². The smallest absolute Gasteiger partial charge is 0.191 e. The Morgan fingerprint density at radius 3 is 2.63 bits per heavy atom. The third kappa shape index (κ3) is 6.62. The van der Waals surface area contributed by atoms with Crippen LogP contribution in [-0.4, -0.2) is 42.6 Å². The van der Waals surface area contributed by atoms with Crippen LogP contribution in [0.1, 0.15) is 10.7 Å². The molecule has 0 atom stereocenters. The van der Waals surface area contributed by atoms with Gasteiger partial charge in [0.25, 0.3) is 0 Å². The zero-order chi connectivity index (χ0) is 18.2. The number of fused-ring (bicyclic) bond motifs is 1. The molecule has 6 nitrogen and oxygen atoms in total. The number of aliphatic imine (C=N–C) groups is 1. The second kappa shape index (κ2) is 11.0. The Bertz CT molecular complexity index is 879. The van der Waals surface area contributed by atoms with E-state index in [1.165, 1.54) is 0 Å². The molecule has 0 bridgehead atoms. The Balaban J connectivity index is 0.00000261. The van der Waals surface area contributed by atoms with Gasteiger partial charge in [-0.1, -0.05) is 18.2 Å². The number of hydrogen-bond donors (Lipinski definition) is 3. The molecule has 2 heterocycles. The highest BCUT2D eigenvalue weighted by atomic mass is 127. The van der Waals surface area contributed by atoms with Gasteiger partial charge in [0.1, 0.15) is 5.82 Å². The molecule has 1 aromatic carbocycles. The second-order valence-electron chi connectivity index (χ2n) is 5.85. The molecular weight excluding hydrogens is 471 g/mol. The maximum atomic E-state index is 4.61. The van der Waals surface area contributed by atoms with E-state index in [4.69, 9.17) is 0 Å². The highest BCUT2D eigenvalue weighted by Gasteiger charge is 2.01. The van der Waals surface area contributed by atoms with Crippen LogP contribution < -0.4 is 16.0 Å². The number of guanidine groups is 1. The lowest BCUT2D eigenvalue weighted by molar-refractivity contribution is 0.788. The molecule has 0 unspecified atom stereocenters. The number of anilines is 1. The summed E-state index contributed by atoms with van der Waals surface area (Å²) in [6.07, 6.45) is 0.893. The number of aromatic nitrogens is 2. The molecule has 8 heteroatoms. The van der Waals surface area contributed by atoms with Gasteiger partial charge in [0.15, 0.2) is 5.96 Å². The van der Waals surface area contributed by atoms with Crippen molar-refractivity contribution in [2.45, 2.75) is 13.3 Å². The predicted molar refractivity (Wildman–Crippen MR) is 126 cm³/mol. The standard InChI is InChI=1S/C19H24N6S.HI/c1-14-24-16(13-26-14)9-10-22-19(20-2)23-12-11-21-18-8-7-15-5-3-4-6-17(15)25-18;/h3-8,13H,9-12H2,1-2H3,(H,21,25)(H2,20,22,23);1H. The molecule has 0 aliphatic rings. The number of halogens is 1. The normalized spacial score (nSPS) is 11.1. The Morgan fingerprint density at radius 1 is 1.04 bits per heavy atom. The Kier molecular flexibility index (Phi) is 8.73. The highest BCUT2D eigenvalue weighted by molar-refractivity contribution is 14.0. The summed E-state index contributed by atoms with van der Waals surface area (Å²) in [5, 5.41) is 14.3. The minimum absolute atomic E-state index is 0. The van der Waals surface area contributed by atoms with Crippen LogP contribution in [0.2, 0.25) is 0 Å². The molecule has 0 saturated heterocycles. The molecule has 0 amide bonds. The highest BCUT2D eigenvalue weighted by Crippen LogP contribution is 2.14. The van der Waals surface area contributed by atoms with Gasteiger partial charge < -0.3 is 16.0 Å². The number of nitrogens with zero attached hydrogens (tertiary/aromatic N) is 3. The van der Waals surface area contributed by atoms with Crippen molar-refractivity contribution in [1.29, 1.82) is 0 Å². The first-order valence-corrected chi connectivity index (χ1v) is 9.58. The van der Waals surface area contributed by atoms with Crippen LogP contribution in [0.15, 0.2) is 46.8 Å². The van der Waals surface area contributed by atoms with Gasteiger partial charge in [-0.15, -0.1) is 35.3 Å². The minimum atomic E-state index is 0. The van der Waals surface area contributed by atoms with E-state index in [1.54, 1.807) is 18.4 Å². The molecule has 27 heavy (non-hydrogen) atoms. The molecular formula is C19H25IN6S. The van der Waals surface area contributed by atoms with Gasteiger partial charge in [-0.05, 0) is 25.1 Å². The number of pyridine rings is 1. The fourth-order valence-electron chi connectivity index (χ4n) is 2.59. The summed E-state index contributed by atoms with van der Waals surface area (Å²) >= 11 is 1.69. The van der Waals surface area contributed by atoms with Crippen LogP contribution in [0.5, 0.6) is 0 Å². The first-order valence-electron chi connectivity index (χ1n) is 8.70. The largest absolute Gasteiger partial charge is 0.368 e. The molecule has 0 radical (unpaired) electrons. The Labute approximate surface area is 180 Å². The molecule has 3 N–H and O–H groups in total. The van der Waals surface area contributed by atoms with Crippen molar-refractivity contribution in [3.63, 3.8) is 0 Å². The summed E-state index contributed by atoms with van der Waals surface area (Å²) in [6, 6.07) is 12.2. The fourth-order valence-corrected chi connectivity index (χ4v) is 3.24. The maximum Gasteiger partial charge on any atom is 0.191 e. The van der Waals surface area contributed by atoms with Gasteiger partial charge in [-0.25, -0.2) is 9.97 Å². The fraction of sp³-hybridized carbons (Fsp3) is 0.316. The number of hydrogen-bond acceptors (Lipinski definition) is 5. The van der Waals surface area contributed by atoms with Crippen molar-refractivity contribution in [3.05, 3.63) is 52.5 Å². The lowest BCUT2D eigenvalue weighted by Crippen LogP contribution is -2.40. The zero-order valence-corrected chi connectivity index (χ0v) is 18.7. The lowest BCUT2D eigenvalue weighted by Gasteiger charge is -2.12. The summed E-state index contributed by atoms with van der Waals surface area (Å²) in [5.74, 6) is 1.68. The average molecular weight is 496 g/mol. The second-order valence-corrected chi connectivity index (χ2v) is 6.91. The number of para-hydroxylation sites is 1. The van der Waals surface area contributed by atoms with Crippen molar-refractivity contribution in [1.82, 2.24) is 20.6 Å². The van der Waals surface area contributed by atoms with E-state index in [1.807, 2.05) is 31.2 Å². The molecule has 3 rings (SSSR count). The quantitative estimate of drug-likeness (QED) is 0.202. The van der Waals surface area contributed by atoms with E-state index in [0.29, 0.717) is 0 Å². The van der Waals surface area contributed by atoms with Crippen molar-refractivity contribution < 1.29 is 0 Å². The molecule has 0 aliphatic carbocycles. The number of nitrogens with one attached hydrogen (secondary N) is 3. The summed E-state index contributed by atoms with van der Waals surface area (Å²) < 4.78 is 0. The molecule has 2 aromatic heterocycles. The molecule has 144 valence electrons. The van der Waals surface area contributed by atoms with Crippen LogP contribution in [0.25, 0.3) is 10.9 Å². The van der Waals surface area contributed by atoms with Gasteiger partial charge in [0, 0.05) is 43.9 Å². The van der Waals surface area contributed by atoms with E-state index in [-0.39, 0.29) is 24.0 Å². The summed E-state index contributed by atoms with van der Waals surface area (Å²) in [5.41, 5.74) is 2.12. The SMILES string of the molecule is CN=C(NCCNc1ccc2ccccc2n1)NCCc1csc(C)n1.I. The number of aryl methyl sites for hydroxylation is 1. The zero-order valence-electron chi connectivity index (χ0n) is 15.5. The van der Waals surface area contributed by atoms with Crippen molar-refractivity contribution in [3.8, 4) is 0 Å². The number of rotatable bonds is 7. The van der Waals surface area contributed by atoms with E-state index in [2.05, 4.69) is 48.4 Å². The van der Waals surface area contributed by atoms with Crippen LogP contribution >= 0.6 is 35.3 Å². The van der Waals surface area contributed by atoms with Crippen molar-refractivity contribution in [2.75, 3.05) is 32.0 Å². The third-order valence-electron chi connectivity index (χ3n) is 3.89. The van der Waals surface area contributed by atoms with Crippen LogP contribution in [0, 0.1) is 6.92 Å². The first kappa shape index (κ1) is 21.4. The molecule has 0 fully saturated rings. The van der Waals surface area contributed by atoms with Gasteiger partial charge in [0.2, 0.25) is 0 Å². The summed E-state index contributed by atoms with van der Waals surface area (Å²) in [7, 11) is 1.78. The van der Waals surface area contributed by atoms with E-state index >= 15 is 0 Å². The lowest BCUT2D eigenvalue weighted by atomic mass is 10.2. The first-order chi connectivity index (χ1) is 12.7. The number of thiazole rings is 1. The molecule has 0 saturated carbocycles. The van der Waals surface area contributed by atoms with Crippen molar-refractivity contribution >= 4 is 58.0 Å². The molecule has 0 spiro atoms. The number of benzene rings is 1. The van der Waals surface area contributed by atoms with Crippen LogP contribution in [-0.2, 0) is 6.42 Å². The molecule has 3 aromatic rings. The minimum Gasteiger partial charge on any atom is -0.368 e. The summed E-state index contributed by atoms with van der Waals surface area (Å²) in [6.45, 7) is 4.35. The van der Waals surface area contributed by atoms with E-state index in [0.717, 1.165) is 59.4 Å². The maximum absolute atomic E-state index is 4.61. The average Bonchev–Trinajstić information content (AvgIpc) is 3.08. The third-order valence-corrected chi connectivity index (χ3v) is 4.71. The van der Waals surface area contributed by atoms with Gasteiger partial charge in [-0.2, -0.15) is 0 Å². The monoisotopic (exact) mass is 496 g/mol. The van der Waals surface area contributed by atoms with Gasteiger partial charge in [-0.3, -0.25) is 4.99 Å². The van der Waals surface area contributed by atoms with Gasteiger partial charge in [0.05, 0.1) is 16.2 Å².